The molecule has 1 atom stereocenters. The maximum absolute atomic E-state index is 13.9. The molecule has 0 bridgehead atoms. The summed E-state index contributed by atoms with van der Waals surface area (Å²) in [5.41, 5.74) is 0.354. The third-order valence-corrected chi connectivity index (χ3v) is 4.27. The minimum atomic E-state index is -0.354. The maximum atomic E-state index is 13.9. The van der Waals surface area contributed by atoms with E-state index < -0.39 is 0 Å². The second kappa shape index (κ2) is 6.07. The Morgan fingerprint density at radius 1 is 1.21 bits per heavy atom. The molecule has 3 heterocycles. The van der Waals surface area contributed by atoms with E-state index in [1.165, 1.54) is 6.07 Å². The van der Waals surface area contributed by atoms with Crippen molar-refractivity contribution in [2.75, 3.05) is 18.0 Å². The van der Waals surface area contributed by atoms with Crippen molar-refractivity contribution < 1.29 is 13.4 Å². The smallest absolute Gasteiger partial charge is 0.231 e. The van der Waals surface area contributed by atoms with Crippen LogP contribution in [0.25, 0.3) is 11.4 Å². The Bertz CT molecular complexity index is 844. The highest BCUT2D eigenvalue weighted by atomic mass is 19.1. The van der Waals surface area contributed by atoms with Gasteiger partial charge >= 0.3 is 0 Å². The topological polar surface area (TPSA) is 68.2 Å². The van der Waals surface area contributed by atoms with E-state index in [0.29, 0.717) is 11.5 Å². The quantitative estimate of drug-likeness (QED) is 0.732. The lowest BCUT2D eigenvalue weighted by Crippen LogP contribution is -2.34. The highest BCUT2D eigenvalue weighted by Gasteiger charge is 2.28. The largest absolute Gasteiger partial charge is 0.360 e. The summed E-state index contributed by atoms with van der Waals surface area (Å²) in [5, 5.41) is 8.01. The Labute approximate surface area is 138 Å². The van der Waals surface area contributed by atoms with Crippen molar-refractivity contribution in [3.63, 3.8) is 0 Å². The molecule has 1 aliphatic rings. The molecule has 1 fully saturated rings. The number of nitrogens with zero attached hydrogens (tertiary/aromatic N) is 4. The van der Waals surface area contributed by atoms with Gasteiger partial charge in [-0.05, 0) is 31.9 Å². The molecule has 0 N–H and O–H groups in total. The Morgan fingerprint density at radius 2 is 2.08 bits per heavy atom. The van der Waals surface area contributed by atoms with Crippen LogP contribution in [0.4, 0.5) is 10.2 Å². The normalized spacial score (nSPS) is 18.1. The van der Waals surface area contributed by atoms with E-state index in [0.717, 1.165) is 37.5 Å². The predicted octanol–water partition coefficient (Wildman–Crippen LogP) is 3.56. The van der Waals surface area contributed by atoms with Crippen molar-refractivity contribution >= 4 is 5.82 Å². The summed E-state index contributed by atoms with van der Waals surface area (Å²) in [6, 6.07) is 8.35. The van der Waals surface area contributed by atoms with Gasteiger partial charge in [0.05, 0.1) is 11.5 Å². The summed E-state index contributed by atoms with van der Waals surface area (Å²) in [4.78, 5) is 6.56. The lowest BCUT2D eigenvalue weighted by atomic mass is 9.98. The van der Waals surface area contributed by atoms with Crippen LogP contribution in [0.15, 0.2) is 39.4 Å². The first-order valence-electron chi connectivity index (χ1n) is 7.97. The summed E-state index contributed by atoms with van der Waals surface area (Å²) in [6.07, 6.45) is 1.94. The number of benzene rings is 1. The lowest BCUT2D eigenvalue weighted by Gasteiger charge is -2.30. The number of hydrogen-bond donors (Lipinski definition) is 0. The number of hydrogen-bond acceptors (Lipinski definition) is 6. The monoisotopic (exact) mass is 328 g/mol. The molecule has 4 rings (SSSR count). The van der Waals surface area contributed by atoms with Gasteiger partial charge in [0.1, 0.15) is 11.6 Å². The third-order valence-electron chi connectivity index (χ3n) is 4.27. The lowest BCUT2D eigenvalue weighted by molar-refractivity contribution is 0.331. The summed E-state index contributed by atoms with van der Waals surface area (Å²) in [7, 11) is 0. The zero-order valence-corrected chi connectivity index (χ0v) is 13.3. The molecule has 6 nitrogen and oxygen atoms in total. The molecular weight excluding hydrogens is 311 g/mol. The molecule has 7 heteroatoms. The van der Waals surface area contributed by atoms with Crippen LogP contribution in [0, 0.1) is 12.7 Å². The fraction of sp³-hybridized carbons (Fsp3) is 0.353. The molecule has 1 aromatic carbocycles. The summed E-state index contributed by atoms with van der Waals surface area (Å²) in [5.74, 6) is 2.19. The maximum Gasteiger partial charge on any atom is 0.231 e. The first-order chi connectivity index (χ1) is 11.7. The van der Waals surface area contributed by atoms with Crippen LogP contribution in [0.2, 0.25) is 0 Å². The van der Waals surface area contributed by atoms with E-state index in [9.17, 15) is 4.39 Å². The van der Waals surface area contributed by atoms with Crippen LogP contribution in [0.3, 0.4) is 0 Å². The predicted molar refractivity (Wildman–Crippen MR) is 85.1 cm³/mol. The number of piperidine rings is 1. The van der Waals surface area contributed by atoms with Crippen molar-refractivity contribution in [3.05, 3.63) is 47.8 Å². The standard InChI is InChI=1S/C17H17FN4O2/c1-11-9-15(20-23-11)22-8-4-5-12(10-22)17-19-16(21-24-17)13-6-2-3-7-14(13)18/h2-3,6-7,9,12H,4-5,8,10H2,1H3. The fourth-order valence-corrected chi connectivity index (χ4v) is 3.04. The molecule has 1 unspecified atom stereocenters. The minimum Gasteiger partial charge on any atom is -0.360 e. The van der Waals surface area contributed by atoms with Crippen molar-refractivity contribution in [2.24, 2.45) is 0 Å². The Kier molecular flexibility index (Phi) is 3.76. The van der Waals surface area contributed by atoms with E-state index in [1.807, 2.05) is 13.0 Å². The minimum absolute atomic E-state index is 0.101. The summed E-state index contributed by atoms with van der Waals surface area (Å²) in [6.45, 7) is 3.51. The van der Waals surface area contributed by atoms with Gasteiger partial charge in [-0.15, -0.1) is 0 Å². The SMILES string of the molecule is Cc1cc(N2CCCC(c3nc(-c4ccccc4F)no3)C2)no1. The van der Waals surface area contributed by atoms with Crippen molar-refractivity contribution in [1.29, 1.82) is 0 Å². The molecule has 2 aromatic heterocycles. The average molecular weight is 328 g/mol. The van der Waals surface area contributed by atoms with Gasteiger partial charge in [0.2, 0.25) is 11.7 Å². The van der Waals surface area contributed by atoms with Gasteiger partial charge in [-0.1, -0.05) is 22.4 Å². The van der Waals surface area contributed by atoms with Gasteiger partial charge < -0.3 is 13.9 Å². The van der Waals surface area contributed by atoms with Crippen LogP contribution in [0.5, 0.6) is 0 Å². The molecule has 1 aliphatic heterocycles. The van der Waals surface area contributed by atoms with E-state index in [2.05, 4.69) is 20.2 Å². The zero-order chi connectivity index (χ0) is 16.5. The Balaban J connectivity index is 1.55. The molecule has 1 saturated heterocycles. The molecule has 124 valence electrons. The van der Waals surface area contributed by atoms with Crippen LogP contribution >= 0.6 is 0 Å². The molecule has 0 spiro atoms. The van der Waals surface area contributed by atoms with Crippen molar-refractivity contribution in [3.8, 4) is 11.4 Å². The number of halogens is 1. The Hall–Kier alpha value is -2.70. The number of aryl methyl sites for hydroxylation is 1. The average Bonchev–Trinajstić information content (AvgIpc) is 3.25. The number of anilines is 1. The van der Waals surface area contributed by atoms with Gasteiger partial charge in [0.15, 0.2) is 5.82 Å². The van der Waals surface area contributed by atoms with E-state index in [4.69, 9.17) is 9.05 Å². The fourth-order valence-electron chi connectivity index (χ4n) is 3.04. The molecule has 0 radical (unpaired) electrons. The van der Waals surface area contributed by atoms with Crippen LogP contribution < -0.4 is 4.90 Å². The number of rotatable bonds is 3. The molecule has 0 aliphatic carbocycles. The highest BCUT2D eigenvalue weighted by molar-refractivity contribution is 5.54. The van der Waals surface area contributed by atoms with Crippen molar-refractivity contribution in [1.82, 2.24) is 15.3 Å². The zero-order valence-electron chi connectivity index (χ0n) is 13.3. The highest BCUT2D eigenvalue weighted by Crippen LogP contribution is 2.30. The second-order valence-corrected chi connectivity index (χ2v) is 6.02. The summed E-state index contributed by atoms with van der Waals surface area (Å²) >= 11 is 0. The van der Waals surface area contributed by atoms with Crippen LogP contribution in [-0.4, -0.2) is 28.4 Å². The van der Waals surface area contributed by atoms with Gasteiger partial charge in [-0.25, -0.2) is 4.39 Å². The van der Waals surface area contributed by atoms with E-state index in [1.54, 1.807) is 18.2 Å². The molecule has 3 aromatic rings. The molecule has 24 heavy (non-hydrogen) atoms. The first kappa shape index (κ1) is 14.9. The first-order valence-corrected chi connectivity index (χ1v) is 7.97. The molecular formula is C17H17FN4O2. The van der Waals surface area contributed by atoms with Crippen LogP contribution in [-0.2, 0) is 0 Å². The second-order valence-electron chi connectivity index (χ2n) is 6.02. The van der Waals surface area contributed by atoms with Gasteiger partial charge in [0.25, 0.3) is 0 Å². The third kappa shape index (κ3) is 2.77. The van der Waals surface area contributed by atoms with Crippen LogP contribution in [0.1, 0.15) is 30.4 Å². The molecule has 0 saturated carbocycles. The van der Waals surface area contributed by atoms with Gasteiger partial charge in [-0.2, -0.15) is 4.98 Å². The van der Waals surface area contributed by atoms with E-state index >= 15 is 0 Å². The molecule has 0 amide bonds. The summed E-state index contributed by atoms with van der Waals surface area (Å²) < 4.78 is 24.4. The van der Waals surface area contributed by atoms with E-state index in [-0.39, 0.29) is 17.6 Å². The van der Waals surface area contributed by atoms with Gasteiger partial charge in [0, 0.05) is 19.2 Å². The Morgan fingerprint density at radius 3 is 2.88 bits per heavy atom. The number of aromatic nitrogens is 3. The van der Waals surface area contributed by atoms with Gasteiger partial charge in [-0.3, -0.25) is 0 Å². The van der Waals surface area contributed by atoms with Crippen molar-refractivity contribution in [2.45, 2.75) is 25.7 Å².